The molecule has 2 heterocycles. The van der Waals surface area contributed by atoms with E-state index in [0.717, 1.165) is 11.4 Å². The van der Waals surface area contributed by atoms with Gasteiger partial charge >= 0.3 is 0 Å². The van der Waals surface area contributed by atoms with Crippen LogP contribution in [0.5, 0.6) is 0 Å². The molecular formula is C16H14N4O2. The molecule has 2 aromatic heterocycles. The van der Waals surface area contributed by atoms with Gasteiger partial charge in [-0.2, -0.15) is 0 Å². The zero-order valence-electron chi connectivity index (χ0n) is 11.7. The van der Waals surface area contributed by atoms with Crippen molar-refractivity contribution in [2.75, 3.05) is 10.6 Å². The van der Waals surface area contributed by atoms with Gasteiger partial charge in [0.05, 0.1) is 24.5 Å². The average Bonchev–Trinajstić information content (AvgIpc) is 2.58. The fourth-order valence-electron chi connectivity index (χ4n) is 2.09. The van der Waals surface area contributed by atoms with Gasteiger partial charge in [-0.25, -0.2) is 0 Å². The third-order valence-electron chi connectivity index (χ3n) is 3.26. The Morgan fingerprint density at radius 2 is 1.18 bits per heavy atom. The van der Waals surface area contributed by atoms with Crippen molar-refractivity contribution >= 4 is 11.4 Å². The Bertz CT molecular complexity index is 753. The highest BCUT2D eigenvalue weighted by atomic mass is 16.2. The van der Waals surface area contributed by atoms with Gasteiger partial charge in [0.2, 0.25) is 0 Å². The summed E-state index contributed by atoms with van der Waals surface area (Å²) in [7, 11) is 0. The van der Waals surface area contributed by atoms with Crippen LogP contribution in [0.25, 0.3) is 0 Å². The fraction of sp³-hybridized carbons (Fsp3) is 0.125. The lowest BCUT2D eigenvalue weighted by Crippen LogP contribution is -2.37. The molecule has 0 radical (unpaired) electrons. The number of nitrogens with zero attached hydrogens (tertiary/aromatic N) is 2. The predicted molar refractivity (Wildman–Crippen MR) is 84.5 cm³/mol. The minimum absolute atomic E-state index is 0.312. The zero-order chi connectivity index (χ0) is 15.4. The van der Waals surface area contributed by atoms with Crippen LogP contribution in [0.2, 0.25) is 0 Å². The van der Waals surface area contributed by atoms with E-state index in [1.807, 2.05) is 36.4 Å². The Kier molecular flexibility index (Phi) is 3.91. The van der Waals surface area contributed by atoms with Crippen molar-refractivity contribution in [2.24, 2.45) is 0 Å². The van der Waals surface area contributed by atoms with E-state index in [0.29, 0.717) is 24.5 Å². The van der Waals surface area contributed by atoms with Crippen molar-refractivity contribution in [1.82, 2.24) is 9.97 Å². The lowest BCUT2D eigenvalue weighted by atomic mass is 10.2. The molecule has 6 heteroatoms. The first kappa shape index (κ1) is 13.9. The molecule has 0 saturated carbocycles. The van der Waals surface area contributed by atoms with E-state index in [9.17, 15) is 9.59 Å². The van der Waals surface area contributed by atoms with E-state index < -0.39 is 10.9 Å². The lowest BCUT2D eigenvalue weighted by Gasteiger charge is -2.14. The molecular weight excluding hydrogens is 280 g/mol. The maximum atomic E-state index is 11.7. The molecule has 22 heavy (non-hydrogen) atoms. The molecule has 0 amide bonds. The predicted octanol–water partition coefficient (Wildman–Crippen LogP) is 1.30. The van der Waals surface area contributed by atoms with Gasteiger partial charge < -0.3 is 10.6 Å². The summed E-state index contributed by atoms with van der Waals surface area (Å²) in [6.07, 6.45) is 3.36. The van der Waals surface area contributed by atoms with Crippen LogP contribution in [-0.2, 0) is 13.1 Å². The maximum absolute atomic E-state index is 11.7. The second-order valence-corrected chi connectivity index (χ2v) is 4.76. The minimum atomic E-state index is -0.501. The van der Waals surface area contributed by atoms with Crippen molar-refractivity contribution in [2.45, 2.75) is 13.1 Å². The van der Waals surface area contributed by atoms with Crippen molar-refractivity contribution in [3.63, 3.8) is 0 Å². The second-order valence-electron chi connectivity index (χ2n) is 4.76. The summed E-state index contributed by atoms with van der Waals surface area (Å²) in [5.41, 5.74) is 1.22. The maximum Gasteiger partial charge on any atom is 0.253 e. The van der Waals surface area contributed by atoms with Crippen LogP contribution < -0.4 is 21.5 Å². The van der Waals surface area contributed by atoms with Crippen molar-refractivity contribution in [3.05, 3.63) is 80.6 Å². The number of nitrogens with one attached hydrogen (secondary N) is 2. The van der Waals surface area contributed by atoms with Crippen LogP contribution in [0.3, 0.4) is 0 Å². The van der Waals surface area contributed by atoms with E-state index in [1.54, 1.807) is 12.4 Å². The summed E-state index contributed by atoms with van der Waals surface area (Å²) in [6.45, 7) is 0.786. The van der Waals surface area contributed by atoms with Crippen LogP contribution >= 0.6 is 0 Å². The second kappa shape index (κ2) is 6.17. The van der Waals surface area contributed by atoms with Crippen LogP contribution in [0.1, 0.15) is 11.4 Å². The Balaban J connectivity index is 1.67. The molecule has 3 rings (SSSR count). The Labute approximate surface area is 126 Å². The number of rotatable bonds is 6. The zero-order valence-corrected chi connectivity index (χ0v) is 11.7. The smallest absolute Gasteiger partial charge is 0.253 e. The van der Waals surface area contributed by atoms with Gasteiger partial charge in [-0.3, -0.25) is 19.6 Å². The van der Waals surface area contributed by atoms with E-state index in [4.69, 9.17) is 0 Å². The fourth-order valence-corrected chi connectivity index (χ4v) is 2.09. The molecule has 0 fully saturated rings. The highest BCUT2D eigenvalue weighted by Crippen LogP contribution is 2.16. The molecule has 0 spiro atoms. The first-order chi connectivity index (χ1) is 10.8. The number of hydrogen-bond acceptors (Lipinski definition) is 6. The van der Waals surface area contributed by atoms with Crippen LogP contribution in [0.4, 0.5) is 11.4 Å². The molecule has 0 unspecified atom stereocenters. The Hall–Kier alpha value is -3.02. The molecule has 1 aromatic carbocycles. The first-order valence-corrected chi connectivity index (χ1v) is 6.86. The molecule has 0 aliphatic carbocycles. The van der Waals surface area contributed by atoms with Gasteiger partial charge in [-0.1, -0.05) is 12.1 Å². The average molecular weight is 294 g/mol. The number of pyridine rings is 2. The molecule has 0 aliphatic rings. The van der Waals surface area contributed by atoms with Crippen LogP contribution in [-0.4, -0.2) is 9.97 Å². The van der Waals surface area contributed by atoms with Crippen molar-refractivity contribution in [3.8, 4) is 0 Å². The molecule has 0 saturated heterocycles. The standard InChI is InChI=1S/C16H14N4O2/c21-15-13(19-9-11-5-1-3-7-17-11)14(16(15)22)20-10-12-6-2-4-8-18-12/h1-8,19-20H,9-10H2. The molecule has 0 bridgehead atoms. The van der Waals surface area contributed by atoms with Gasteiger partial charge in [0.25, 0.3) is 10.9 Å². The highest BCUT2D eigenvalue weighted by molar-refractivity contribution is 5.73. The highest BCUT2D eigenvalue weighted by Gasteiger charge is 2.20. The number of anilines is 2. The summed E-state index contributed by atoms with van der Waals surface area (Å²) in [5.74, 6) is 0. The number of aromatic nitrogens is 2. The summed E-state index contributed by atoms with van der Waals surface area (Å²) in [5, 5.41) is 5.93. The summed E-state index contributed by atoms with van der Waals surface area (Å²) >= 11 is 0. The monoisotopic (exact) mass is 294 g/mol. The third-order valence-corrected chi connectivity index (χ3v) is 3.26. The molecule has 6 nitrogen and oxygen atoms in total. The SMILES string of the molecule is O=c1c(NCc2ccccn2)c(NCc2ccccn2)c1=O. The Morgan fingerprint density at radius 1 is 0.727 bits per heavy atom. The normalized spacial score (nSPS) is 10.5. The van der Waals surface area contributed by atoms with Crippen LogP contribution in [0.15, 0.2) is 58.4 Å². The van der Waals surface area contributed by atoms with Gasteiger partial charge in [0, 0.05) is 12.4 Å². The van der Waals surface area contributed by atoms with E-state index in [-0.39, 0.29) is 0 Å². The molecule has 110 valence electrons. The van der Waals surface area contributed by atoms with Crippen molar-refractivity contribution < 1.29 is 0 Å². The molecule has 0 aliphatic heterocycles. The molecule has 2 N–H and O–H groups in total. The van der Waals surface area contributed by atoms with Gasteiger partial charge in [0.1, 0.15) is 11.4 Å². The van der Waals surface area contributed by atoms with E-state index in [2.05, 4.69) is 20.6 Å². The topological polar surface area (TPSA) is 84.0 Å². The molecule has 3 aromatic rings. The first-order valence-electron chi connectivity index (χ1n) is 6.86. The third kappa shape index (κ3) is 2.85. The minimum Gasteiger partial charge on any atom is -0.374 e. The van der Waals surface area contributed by atoms with Gasteiger partial charge in [-0.05, 0) is 24.3 Å². The molecule has 0 atom stereocenters. The Morgan fingerprint density at radius 3 is 1.55 bits per heavy atom. The lowest BCUT2D eigenvalue weighted by molar-refractivity contribution is 1.01. The summed E-state index contributed by atoms with van der Waals surface area (Å²) < 4.78 is 0. The number of hydrogen-bond donors (Lipinski definition) is 2. The quantitative estimate of drug-likeness (QED) is 0.667. The van der Waals surface area contributed by atoms with Gasteiger partial charge in [0.15, 0.2) is 0 Å². The van der Waals surface area contributed by atoms with Crippen LogP contribution in [0, 0.1) is 0 Å². The van der Waals surface area contributed by atoms with Gasteiger partial charge in [-0.15, -0.1) is 0 Å². The van der Waals surface area contributed by atoms with E-state index in [1.165, 1.54) is 0 Å². The summed E-state index contributed by atoms with van der Waals surface area (Å²) in [4.78, 5) is 31.6. The van der Waals surface area contributed by atoms with E-state index >= 15 is 0 Å². The van der Waals surface area contributed by atoms with Crippen molar-refractivity contribution in [1.29, 1.82) is 0 Å². The summed E-state index contributed by atoms with van der Waals surface area (Å²) in [6, 6.07) is 11.1. The largest absolute Gasteiger partial charge is 0.374 e.